The van der Waals surface area contributed by atoms with E-state index in [1.807, 2.05) is 0 Å². The van der Waals surface area contributed by atoms with Crippen molar-refractivity contribution in [3.63, 3.8) is 0 Å². The molecule has 0 saturated carbocycles. The summed E-state index contributed by atoms with van der Waals surface area (Å²) in [6, 6.07) is 8.24. The molecule has 2 heterocycles. The Kier molecular flexibility index (Phi) is 5.87. The van der Waals surface area contributed by atoms with Crippen LogP contribution in [0, 0.1) is 11.3 Å². The maximum atomic E-state index is 12.7. The summed E-state index contributed by atoms with van der Waals surface area (Å²) in [7, 11) is 0. The molecule has 0 bridgehead atoms. The van der Waals surface area contributed by atoms with Gasteiger partial charge in [0.2, 0.25) is 5.95 Å². The van der Waals surface area contributed by atoms with Crippen LogP contribution in [0.5, 0.6) is 0 Å². The number of likely N-dealkylation sites (tertiary alicyclic amines) is 1. The van der Waals surface area contributed by atoms with Crippen LogP contribution < -0.4 is 10.6 Å². The Morgan fingerprint density at radius 3 is 2.57 bits per heavy atom. The molecule has 1 fully saturated rings. The van der Waals surface area contributed by atoms with Crippen molar-refractivity contribution in [3.8, 4) is 6.07 Å². The van der Waals surface area contributed by atoms with E-state index in [1.54, 1.807) is 35.2 Å². The topological polar surface area (TPSA) is 111 Å². The Balaban J connectivity index is 1.57. The molecule has 0 unspecified atom stereocenters. The van der Waals surface area contributed by atoms with E-state index < -0.39 is 5.91 Å². The van der Waals surface area contributed by atoms with Crippen molar-refractivity contribution in [1.29, 1.82) is 5.26 Å². The molecule has 8 nitrogen and oxygen atoms in total. The average molecular weight is 397 g/mol. The van der Waals surface area contributed by atoms with Crippen molar-refractivity contribution < 1.29 is 9.59 Å². The van der Waals surface area contributed by atoms with Crippen LogP contribution in [0.2, 0.25) is 5.02 Å². The molecule has 1 aromatic carbocycles. The number of halogens is 1. The Hall–Kier alpha value is -3.44. The van der Waals surface area contributed by atoms with E-state index in [9.17, 15) is 9.59 Å². The van der Waals surface area contributed by atoms with E-state index in [1.165, 1.54) is 12.4 Å². The number of nitriles is 1. The van der Waals surface area contributed by atoms with Crippen molar-refractivity contribution in [2.75, 3.05) is 23.7 Å². The zero-order valence-corrected chi connectivity index (χ0v) is 15.6. The lowest BCUT2D eigenvalue weighted by molar-refractivity contribution is -0.112. The largest absolute Gasteiger partial charge is 0.350 e. The van der Waals surface area contributed by atoms with E-state index in [-0.39, 0.29) is 17.5 Å². The molecule has 1 atom stereocenters. The fourth-order valence-electron chi connectivity index (χ4n) is 2.77. The number of hydrogen-bond acceptors (Lipinski definition) is 6. The number of benzene rings is 1. The predicted molar refractivity (Wildman–Crippen MR) is 105 cm³/mol. The van der Waals surface area contributed by atoms with Gasteiger partial charge >= 0.3 is 0 Å². The molecule has 9 heteroatoms. The third-order valence-electron chi connectivity index (χ3n) is 4.23. The second-order valence-electron chi connectivity index (χ2n) is 6.23. The van der Waals surface area contributed by atoms with Crippen molar-refractivity contribution in [3.05, 3.63) is 59.4 Å². The van der Waals surface area contributed by atoms with E-state index in [0.29, 0.717) is 35.3 Å². The second-order valence-corrected chi connectivity index (χ2v) is 6.66. The minimum atomic E-state index is -0.570. The number of nitrogens with zero attached hydrogens (tertiary/aromatic N) is 4. The molecule has 2 aromatic rings. The first-order valence-electron chi connectivity index (χ1n) is 8.50. The molecule has 142 valence electrons. The van der Waals surface area contributed by atoms with Gasteiger partial charge in [0.05, 0.1) is 17.4 Å². The highest BCUT2D eigenvalue weighted by molar-refractivity contribution is 6.30. The van der Waals surface area contributed by atoms with Crippen LogP contribution in [-0.2, 0) is 4.79 Å². The third-order valence-corrected chi connectivity index (χ3v) is 4.42. The maximum Gasteiger partial charge on any atom is 0.265 e. The molecule has 1 aliphatic heterocycles. The first-order chi connectivity index (χ1) is 13.5. The van der Waals surface area contributed by atoms with E-state index in [2.05, 4.69) is 27.2 Å². The van der Waals surface area contributed by atoms with Gasteiger partial charge in [0.15, 0.2) is 0 Å². The summed E-state index contributed by atoms with van der Waals surface area (Å²) >= 11 is 5.78. The Morgan fingerprint density at radius 1 is 1.25 bits per heavy atom. The van der Waals surface area contributed by atoms with Gasteiger partial charge in [-0.2, -0.15) is 5.26 Å². The first-order valence-corrected chi connectivity index (χ1v) is 8.88. The lowest BCUT2D eigenvalue weighted by Crippen LogP contribution is -2.31. The van der Waals surface area contributed by atoms with Crippen molar-refractivity contribution in [2.45, 2.75) is 12.5 Å². The van der Waals surface area contributed by atoms with Gasteiger partial charge < -0.3 is 15.5 Å². The first kappa shape index (κ1) is 19.3. The molecular formula is C19H17ClN6O2. The fourth-order valence-corrected chi connectivity index (χ4v) is 2.87. The summed E-state index contributed by atoms with van der Waals surface area (Å²) < 4.78 is 0. The molecule has 0 spiro atoms. The van der Waals surface area contributed by atoms with Crippen LogP contribution in [0.1, 0.15) is 16.8 Å². The van der Waals surface area contributed by atoms with Gasteiger partial charge in [-0.3, -0.25) is 9.59 Å². The zero-order valence-electron chi connectivity index (χ0n) is 14.9. The summed E-state index contributed by atoms with van der Waals surface area (Å²) in [5.41, 5.74) is 0.819. The summed E-state index contributed by atoms with van der Waals surface area (Å²) in [5, 5.41) is 14.9. The normalized spacial score (nSPS) is 15.6. The predicted octanol–water partition coefficient (Wildman–Crippen LogP) is 2.47. The molecule has 1 aromatic heterocycles. The summed E-state index contributed by atoms with van der Waals surface area (Å²) in [6.45, 7) is 4.50. The second kappa shape index (κ2) is 8.50. The third kappa shape index (κ3) is 4.64. The monoisotopic (exact) mass is 396 g/mol. The van der Waals surface area contributed by atoms with E-state index in [0.717, 1.165) is 6.42 Å². The Labute approximate surface area is 166 Å². The minimum Gasteiger partial charge on any atom is -0.350 e. The van der Waals surface area contributed by atoms with Crippen molar-refractivity contribution >= 4 is 35.1 Å². The molecule has 0 radical (unpaired) electrons. The van der Waals surface area contributed by atoms with Gasteiger partial charge in [0.1, 0.15) is 11.6 Å². The van der Waals surface area contributed by atoms with Gasteiger partial charge in [-0.05, 0) is 30.7 Å². The quantitative estimate of drug-likeness (QED) is 0.593. The van der Waals surface area contributed by atoms with Crippen LogP contribution >= 0.6 is 11.6 Å². The lowest BCUT2D eigenvalue weighted by atomic mass is 10.1. The number of rotatable bonds is 5. The molecule has 1 aliphatic rings. The van der Waals surface area contributed by atoms with Gasteiger partial charge in [0, 0.05) is 30.4 Å². The number of aromatic nitrogens is 2. The van der Waals surface area contributed by atoms with Crippen molar-refractivity contribution in [1.82, 2.24) is 14.9 Å². The number of carbonyl (C=O) groups is 2. The molecule has 1 saturated heterocycles. The lowest BCUT2D eigenvalue weighted by Gasteiger charge is -2.17. The van der Waals surface area contributed by atoms with Gasteiger partial charge in [-0.1, -0.05) is 18.2 Å². The van der Waals surface area contributed by atoms with Crippen LogP contribution in [-0.4, -0.2) is 45.8 Å². The summed E-state index contributed by atoms with van der Waals surface area (Å²) in [6.07, 6.45) is 3.81. The van der Waals surface area contributed by atoms with Crippen LogP contribution in [0.25, 0.3) is 0 Å². The summed E-state index contributed by atoms with van der Waals surface area (Å²) in [4.78, 5) is 34.3. The van der Waals surface area contributed by atoms with Gasteiger partial charge in [-0.15, -0.1) is 0 Å². The van der Waals surface area contributed by atoms with Crippen LogP contribution in [0.15, 0.2) is 48.8 Å². The van der Waals surface area contributed by atoms with Crippen LogP contribution in [0.4, 0.5) is 11.6 Å². The molecule has 28 heavy (non-hydrogen) atoms. The highest BCUT2D eigenvalue weighted by atomic mass is 35.5. The Bertz CT molecular complexity index is 936. The zero-order chi connectivity index (χ0) is 20.1. The van der Waals surface area contributed by atoms with E-state index in [4.69, 9.17) is 16.9 Å². The van der Waals surface area contributed by atoms with Crippen LogP contribution in [0.3, 0.4) is 0 Å². The highest BCUT2D eigenvalue weighted by Crippen LogP contribution is 2.18. The SMILES string of the molecule is C=C(C#N)C(=O)Nc1ccc(C(=O)N2CC[C@@H](Nc3ncc(Cl)cn3)C2)cc1. The fraction of sp³-hybridized carbons (Fsp3) is 0.211. The smallest absolute Gasteiger partial charge is 0.265 e. The number of carbonyl (C=O) groups excluding carboxylic acids is 2. The van der Waals surface area contributed by atoms with Gasteiger partial charge in [0.25, 0.3) is 11.8 Å². The standard InChI is InChI=1S/C19H17ClN6O2/c1-12(8-21)17(27)24-15-4-2-13(3-5-15)18(28)26-7-6-16(11-26)25-19-22-9-14(20)10-23-19/h2-5,9-10,16H,1,6-7,11H2,(H,24,27)(H,22,23,25)/t16-/m1/s1. The number of amides is 2. The number of hydrogen-bond donors (Lipinski definition) is 2. The van der Waals surface area contributed by atoms with Gasteiger partial charge in [-0.25, -0.2) is 9.97 Å². The van der Waals surface area contributed by atoms with E-state index >= 15 is 0 Å². The Morgan fingerprint density at radius 2 is 1.93 bits per heavy atom. The summed E-state index contributed by atoms with van der Waals surface area (Å²) in [5.74, 6) is -0.192. The highest BCUT2D eigenvalue weighted by Gasteiger charge is 2.27. The molecular weight excluding hydrogens is 380 g/mol. The number of anilines is 2. The maximum absolute atomic E-state index is 12.7. The minimum absolute atomic E-state index is 0.0562. The average Bonchev–Trinajstić information content (AvgIpc) is 3.17. The molecule has 0 aliphatic carbocycles. The molecule has 2 N–H and O–H groups in total. The molecule has 3 rings (SSSR count). The molecule has 2 amide bonds. The number of nitrogens with one attached hydrogen (secondary N) is 2. The van der Waals surface area contributed by atoms with Crippen molar-refractivity contribution in [2.24, 2.45) is 0 Å².